The topological polar surface area (TPSA) is 102 Å². The number of anilines is 3. The molecule has 2 aromatic heterocycles. The van der Waals surface area contributed by atoms with Gasteiger partial charge in [-0.2, -0.15) is 0 Å². The fourth-order valence-corrected chi connectivity index (χ4v) is 6.80. The number of fused-ring (bicyclic) bond motifs is 1. The van der Waals surface area contributed by atoms with Crippen LogP contribution in [0.15, 0.2) is 56.5 Å². The van der Waals surface area contributed by atoms with Gasteiger partial charge in [-0.25, -0.2) is 21.3 Å². The predicted molar refractivity (Wildman–Crippen MR) is 155 cm³/mol. The van der Waals surface area contributed by atoms with Crippen LogP contribution in [0.25, 0.3) is 22.1 Å². The van der Waals surface area contributed by atoms with Gasteiger partial charge >= 0.3 is 5.63 Å². The third-order valence-corrected chi connectivity index (χ3v) is 9.46. The minimum Gasteiger partial charge on any atom is -0.421 e. The van der Waals surface area contributed by atoms with E-state index in [0.29, 0.717) is 22.5 Å². The minimum atomic E-state index is -3.58. The van der Waals surface area contributed by atoms with E-state index in [9.17, 15) is 22.4 Å². The van der Waals surface area contributed by atoms with Gasteiger partial charge < -0.3 is 14.3 Å². The first-order chi connectivity index (χ1) is 18.4. The third-order valence-electron chi connectivity index (χ3n) is 6.84. The lowest BCUT2D eigenvalue weighted by Crippen LogP contribution is -2.25. The predicted octanol–water partition coefficient (Wildman–Crippen LogP) is 5.81. The van der Waals surface area contributed by atoms with Crippen molar-refractivity contribution in [3.05, 3.63) is 85.9 Å². The summed E-state index contributed by atoms with van der Waals surface area (Å²) in [6.45, 7) is 5.09. The normalized spacial score (nSPS) is 13.6. The second-order valence-corrected chi connectivity index (χ2v) is 12.6. The summed E-state index contributed by atoms with van der Waals surface area (Å²) in [5.41, 5.74) is 2.33. The molecule has 1 aliphatic rings. The standard InChI is InChI=1S/C28H28FN3O5S2/c1-15-9-12-22(21(29)13-15)30-25-16(2)28(34)37-26-23(17(3)31(19-10-11-19)27(33)24(25)26)18-7-6-8-20(14-18)32(38-4)39(5,35)36/h6-9,12-14,19,30H,10-11H2,1-5H3. The molecule has 11 heteroatoms. The number of benzene rings is 2. The van der Waals surface area contributed by atoms with E-state index in [-0.39, 0.29) is 39.5 Å². The Labute approximate surface area is 229 Å². The second-order valence-electron chi connectivity index (χ2n) is 9.79. The Morgan fingerprint density at radius 2 is 1.82 bits per heavy atom. The third kappa shape index (κ3) is 4.85. The number of hydrogen-bond donors (Lipinski definition) is 1. The largest absolute Gasteiger partial charge is 0.421 e. The summed E-state index contributed by atoms with van der Waals surface area (Å²) in [6.07, 6.45) is 4.43. The van der Waals surface area contributed by atoms with Gasteiger partial charge in [0.1, 0.15) is 11.2 Å². The molecule has 39 heavy (non-hydrogen) atoms. The highest BCUT2D eigenvalue weighted by molar-refractivity contribution is 8.14. The quantitative estimate of drug-likeness (QED) is 0.280. The van der Waals surface area contributed by atoms with Crippen molar-refractivity contribution in [2.75, 3.05) is 21.5 Å². The molecular weight excluding hydrogens is 541 g/mol. The first-order valence-electron chi connectivity index (χ1n) is 12.3. The van der Waals surface area contributed by atoms with Gasteiger partial charge in [-0.3, -0.25) is 4.79 Å². The number of aromatic nitrogens is 1. The van der Waals surface area contributed by atoms with Crippen LogP contribution in [0.1, 0.15) is 35.7 Å². The first-order valence-corrected chi connectivity index (χ1v) is 15.4. The van der Waals surface area contributed by atoms with Crippen LogP contribution in [0.5, 0.6) is 0 Å². The Bertz CT molecular complexity index is 1860. The summed E-state index contributed by atoms with van der Waals surface area (Å²) in [6, 6.07) is 11.5. The molecule has 1 fully saturated rings. The van der Waals surface area contributed by atoms with E-state index in [2.05, 4.69) is 5.32 Å². The molecule has 1 N–H and O–H groups in total. The number of hydrogen-bond acceptors (Lipinski definition) is 7. The van der Waals surface area contributed by atoms with Crippen LogP contribution in [-0.2, 0) is 10.0 Å². The molecule has 0 amide bonds. The zero-order chi connectivity index (χ0) is 28.2. The minimum absolute atomic E-state index is 0.0151. The molecule has 0 bridgehead atoms. The van der Waals surface area contributed by atoms with Crippen LogP contribution in [0.2, 0.25) is 0 Å². The Hall–Kier alpha value is -3.57. The second kappa shape index (κ2) is 9.87. The number of rotatable bonds is 7. The molecular formula is C28H28FN3O5S2. The van der Waals surface area contributed by atoms with Gasteiger partial charge in [0.05, 0.1) is 28.9 Å². The molecule has 5 rings (SSSR count). The smallest absolute Gasteiger partial charge is 0.341 e. The molecule has 0 atom stereocenters. The molecule has 0 saturated heterocycles. The first kappa shape index (κ1) is 27.0. The lowest BCUT2D eigenvalue weighted by molar-refractivity contribution is 0.553. The summed E-state index contributed by atoms with van der Waals surface area (Å²) >= 11 is 1.04. The van der Waals surface area contributed by atoms with Crippen molar-refractivity contribution in [3.63, 3.8) is 0 Å². The zero-order valence-electron chi connectivity index (χ0n) is 22.2. The van der Waals surface area contributed by atoms with E-state index >= 15 is 0 Å². The van der Waals surface area contributed by atoms with Crippen LogP contribution in [0.4, 0.5) is 21.5 Å². The fourth-order valence-electron chi connectivity index (χ4n) is 4.89. The van der Waals surface area contributed by atoms with Crippen molar-refractivity contribution in [2.45, 2.75) is 39.7 Å². The lowest BCUT2D eigenvalue weighted by atomic mass is 9.99. The molecule has 2 heterocycles. The van der Waals surface area contributed by atoms with Gasteiger partial charge in [0.25, 0.3) is 5.56 Å². The van der Waals surface area contributed by atoms with Crippen molar-refractivity contribution < 1.29 is 17.2 Å². The molecule has 0 radical (unpaired) electrons. The highest BCUT2D eigenvalue weighted by atomic mass is 32.3. The van der Waals surface area contributed by atoms with E-state index in [1.165, 1.54) is 16.7 Å². The average molecular weight is 570 g/mol. The zero-order valence-corrected chi connectivity index (χ0v) is 23.8. The maximum Gasteiger partial charge on any atom is 0.341 e. The number of halogens is 1. The maximum atomic E-state index is 14.8. The van der Waals surface area contributed by atoms with E-state index < -0.39 is 21.5 Å². The summed E-state index contributed by atoms with van der Waals surface area (Å²) in [5, 5.41) is 3.13. The SMILES string of the molecule is CSN(c1cccc(-c2c(C)n(C3CC3)c(=O)c3c(Nc4ccc(C)cc4F)c(C)c(=O)oc23)c1)S(C)(=O)=O. The highest BCUT2D eigenvalue weighted by Gasteiger charge is 2.31. The molecule has 204 valence electrons. The van der Waals surface area contributed by atoms with Crippen LogP contribution in [0, 0.1) is 26.6 Å². The molecule has 0 aliphatic heterocycles. The molecule has 2 aromatic carbocycles. The summed E-state index contributed by atoms with van der Waals surface area (Å²) in [7, 11) is -3.58. The van der Waals surface area contributed by atoms with Crippen LogP contribution in [0.3, 0.4) is 0 Å². The average Bonchev–Trinajstić information content (AvgIpc) is 3.68. The van der Waals surface area contributed by atoms with Crippen molar-refractivity contribution in [1.29, 1.82) is 0 Å². The molecule has 4 aromatic rings. The van der Waals surface area contributed by atoms with Crippen molar-refractivity contribution in [2.24, 2.45) is 0 Å². The molecule has 8 nitrogen and oxygen atoms in total. The maximum absolute atomic E-state index is 14.8. The molecule has 0 spiro atoms. The number of nitrogens with zero attached hydrogens (tertiary/aromatic N) is 2. The fraction of sp³-hybridized carbons (Fsp3) is 0.286. The van der Waals surface area contributed by atoms with Crippen molar-refractivity contribution >= 4 is 50.0 Å². The lowest BCUT2D eigenvalue weighted by Gasteiger charge is -2.22. The summed E-state index contributed by atoms with van der Waals surface area (Å²) in [5.74, 6) is -0.517. The van der Waals surface area contributed by atoms with Gasteiger partial charge in [-0.15, -0.1) is 0 Å². The summed E-state index contributed by atoms with van der Waals surface area (Å²) in [4.78, 5) is 27.0. The summed E-state index contributed by atoms with van der Waals surface area (Å²) < 4.78 is 48.3. The van der Waals surface area contributed by atoms with E-state index in [1.807, 2.05) is 0 Å². The van der Waals surface area contributed by atoms with Gasteiger partial charge in [-0.1, -0.05) is 18.2 Å². The molecule has 1 saturated carbocycles. The molecule has 0 unspecified atom stereocenters. The van der Waals surface area contributed by atoms with Gasteiger partial charge in [0.2, 0.25) is 10.0 Å². The van der Waals surface area contributed by atoms with E-state index in [1.54, 1.807) is 61.1 Å². The number of nitrogens with one attached hydrogen (secondary N) is 1. The number of aryl methyl sites for hydroxylation is 1. The Kier molecular flexibility index (Phi) is 6.84. The Morgan fingerprint density at radius 3 is 2.44 bits per heavy atom. The van der Waals surface area contributed by atoms with Crippen molar-refractivity contribution in [1.82, 2.24) is 4.57 Å². The van der Waals surface area contributed by atoms with Crippen molar-refractivity contribution in [3.8, 4) is 11.1 Å². The van der Waals surface area contributed by atoms with E-state index in [4.69, 9.17) is 4.42 Å². The molecule has 1 aliphatic carbocycles. The van der Waals surface area contributed by atoms with Crippen LogP contribution >= 0.6 is 11.9 Å². The van der Waals surface area contributed by atoms with E-state index in [0.717, 1.165) is 36.6 Å². The monoisotopic (exact) mass is 569 g/mol. The Morgan fingerprint density at radius 1 is 1.10 bits per heavy atom. The van der Waals surface area contributed by atoms with Gasteiger partial charge in [0.15, 0.2) is 5.58 Å². The van der Waals surface area contributed by atoms with Crippen LogP contribution < -0.4 is 20.2 Å². The van der Waals surface area contributed by atoms with Gasteiger partial charge in [-0.05, 0) is 81.0 Å². The number of sulfonamides is 1. The van der Waals surface area contributed by atoms with Crippen LogP contribution in [-0.4, -0.2) is 25.5 Å². The van der Waals surface area contributed by atoms with Gasteiger partial charge in [0, 0.05) is 23.6 Å². The highest BCUT2D eigenvalue weighted by Crippen LogP contribution is 2.41. The Balaban J connectivity index is 1.85. The number of pyridine rings is 1.